The molecule has 4 rings (SSSR count). The molecule has 6 nitrogen and oxygen atoms in total. The van der Waals surface area contributed by atoms with Crippen LogP contribution < -0.4 is 5.32 Å². The maximum Gasteiger partial charge on any atom is 0.242 e. The number of hydrogen-bond donors (Lipinski definition) is 2. The molecule has 1 aliphatic rings. The summed E-state index contributed by atoms with van der Waals surface area (Å²) in [5.74, 6) is 0.0532. The number of carbonyl (C=O) groups is 1. The summed E-state index contributed by atoms with van der Waals surface area (Å²) in [5.41, 5.74) is 4.91. The molecule has 0 spiro atoms. The van der Waals surface area contributed by atoms with Gasteiger partial charge in [0.15, 0.2) is 0 Å². The van der Waals surface area contributed by atoms with Crippen molar-refractivity contribution in [2.75, 3.05) is 18.4 Å². The Balaban J connectivity index is 1.46. The fourth-order valence-corrected chi connectivity index (χ4v) is 3.33. The van der Waals surface area contributed by atoms with E-state index in [0.29, 0.717) is 18.1 Å². The van der Waals surface area contributed by atoms with Crippen molar-refractivity contribution in [3.63, 3.8) is 0 Å². The van der Waals surface area contributed by atoms with Gasteiger partial charge in [-0.3, -0.25) is 14.9 Å². The van der Waals surface area contributed by atoms with E-state index in [1.807, 2.05) is 29.2 Å². The topological polar surface area (TPSA) is 73.9 Å². The highest BCUT2D eigenvalue weighted by Crippen LogP contribution is 2.28. The Morgan fingerprint density at radius 1 is 1.27 bits per heavy atom. The number of rotatable bonds is 4. The summed E-state index contributed by atoms with van der Waals surface area (Å²) < 4.78 is 0. The molecular weight excluding hydrogens is 350 g/mol. The van der Waals surface area contributed by atoms with Crippen molar-refractivity contribution in [3.05, 3.63) is 65.1 Å². The molecule has 0 unspecified atom stereocenters. The van der Waals surface area contributed by atoms with Gasteiger partial charge in [-0.2, -0.15) is 5.10 Å². The van der Waals surface area contributed by atoms with Crippen LogP contribution >= 0.6 is 11.6 Å². The van der Waals surface area contributed by atoms with Gasteiger partial charge in [0.25, 0.3) is 0 Å². The monoisotopic (exact) mass is 367 g/mol. The first-order valence-electron chi connectivity index (χ1n) is 8.44. The van der Waals surface area contributed by atoms with Gasteiger partial charge in [0.1, 0.15) is 0 Å². The molecule has 1 amide bonds. The minimum Gasteiger partial charge on any atom is -0.376 e. The number of H-pyrrole nitrogens is 1. The van der Waals surface area contributed by atoms with Crippen LogP contribution in [-0.2, 0) is 17.8 Å². The van der Waals surface area contributed by atoms with E-state index in [2.05, 4.69) is 20.5 Å². The summed E-state index contributed by atoms with van der Waals surface area (Å²) >= 11 is 5.98. The number of amides is 1. The predicted molar refractivity (Wildman–Crippen MR) is 101 cm³/mol. The largest absolute Gasteiger partial charge is 0.376 e. The first kappa shape index (κ1) is 16.6. The summed E-state index contributed by atoms with van der Waals surface area (Å²) in [7, 11) is 0. The molecule has 0 radical (unpaired) electrons. The van der Waals surface area contributed by atoms with E-state index in [0.717, 1.165) is 34.6 Å². The number of aromatic nitrogens is 3. The minimum absolute atomic E-state index is 0.0532. The highest BCUT2D eigenvalue weighted by molar-refractivity contribution is 6.30. The standard InChI is InChI=1S/C19H18ClN5O/c20-14-2-1-3-15(10-14)22-11-18(26)25-9-6-17-16(12-25)19(24-23-17)13-4-7-21-8-5-13/h1-5,7-8,10,22H,6,9,11-12H2,(H,23,24). The van der Waals surface area contributed by atoms with Crippen LogP contribution in [0.15, 0.2) is 48.8 Å². The lowest BCUT2D eigenvalue weighted by Gasteiger charge is -2.27. The molecule has 7 heteroatoms. The van der Waals surface area contributed by atoms with E-state index in [4.69, 9.17) is 11.6 Å². The summed E-state index contributed by atoms with van der Waals surface area (Å²) in [6.07, 6.45) is 4.27. The van der Waals surface area contributed by atoms with Crippen LogP contribution in [0.2, 0.25) is 5.02 Å². The Labute approximate surface area is 156 Å². The molecule has 0 atom stereocenters. The summed E-state index contributed by atoms with van der Waals surface area (Å²) in [6.45, 7) is 1.47. The molecule has 3 heterocycles. The normalized spacial score (nSPS) is 13.3. The Kier molecular flexibility index (Phi) is 4.58. The quantitative estimate of drug-likeness (QED) is 0.743. The Bertz CT molecular complexity index is 925. The molecule has 26 heavy (non-hydrogen) atoms. The highest BCUT2D eigenvalue weighted by atomic mass is 35.5. The number of aromatic amines is 1. The zero-order valence-electron chi connectivity index (χ0n) is 14.1. The van der Waals surface area contributed by atoms with Crippen molar-refractivity contribution in [2.24, 2.45) is 0 Å². The number of fused-ring (bicyclic) bond motifs is 1. The predicted octanol–water partition coefficient (Wildman–Crippen LogP) is 3.12. The third-order valence-corrected chi connectivity index (χ3v) is 4.74. The lowest BCUT2D eigenvalue weighted by Crippen LogP contribution is -2.39. The molecule has 132 valence electrons. The van der Waals surface area contributed by atoms with Gasteiger partial charge >= 0.3 is 0 Å². The molecule has 3 aromatic rings. The summed E-state index contributed by atoms with van der Waals surface area (Å²) in [4.78, 5) is 18.5. The fourth-order valence-electron chi connectivity index (χ4n) is 3.14. The molecule has 1 aromatic carbocycles. The fraction of sp³-hybridized carbons (Fsp3) is 0.211. The first-order chi connectivity index (χ1) is 12.7. The lowest BCUT2D eigenvalue weighted by molar-refractivity contribution is -0.130. The van der Waals surface area contributed by atoms with E-state index >= 15 is 0 Å². The second-order valence-corrected chi connectivity index (χ2v) is 6.63. The van der Waals surface area contributed by atoms with Gasteiger partial charge in [-0.1, -0.05) is 17.7 Å². The average molecular weight is 368 g/mol. The zero-order valence-corrected chi connectivity index (χ0v) is 14.8. The van der Waals surface area contributed by atoms with Crippen LogP contribution in [0, 0.1) is 0 Å². The number of benzene rings is 1. The van der Waals surface area contributed by atoms with Crippen molar-refractivity contribution in [3.8, 4) is 11.3 Å². The zero-order chi connectivity index (χ0) is 17.9. The number of nitrogens with zero attached hydrogens (tertiary/aromatic N) is 3. The molecule has 2 N–H and O–H groups in total. The molecular formula is C19H18ClN5O. The third-order valence-electron chi connectivity index (χ3n) is 4.51. The van der Waals surface area contributed by atoms with Gasteiger partial charge < -0.3 is 10.2 Å². The van der Waals surface area contributed by atoms with Crippen molar-refractivity contribution in [2.45, 2.75) is 13.0 Å². The van der Waals surface area contributed by atoms with Crippen molar-refractivity contribution < 1.29 is 4.79 Å². The van der Waals surface area contributed by atoms with Gasteiger partial charge in [0, 0.05) is 59.4 Å². The molecule has 0 bridgehead atoms. The van der Waals surface area contributed by atoms with Crippen molar-refractivity contribution in [1.82, 2.24) is 20.1 Å². The van der Waals surface area contributed by atoms with Crippen LogP contribution in [0.25, 0.3) is 11.3 Å². The van der Waals surface area contributed by atoms with Gasteiger partial charge in [-0.05, 0) is 30.3 Å². The van der Waals surface area contributed by atoms with Crippen molar-refractivity contribution in [1.29, 1.82) is 0 Å². The van der Waals surface area contributed by atoms with Crippen molar-refractivity contribution >= 4 is 23.2 Å². The van der Waals surface area contributed by atoms with E-state index in [1.54, 1.807) is 24.5 Å². The van der Waals surface area contributed by atoms with Gasteiger partial charge in [-0.25, -0.2) is 0 Å². The number of nitrogens with one attached hydrogen (secondary N) is 2. The van der Waals surface area contributed by atoms with E-state index in [-0.39, 0.29) is 12.5 Å². The number of carbonyl (C=O) groups excluding carboxylic acids is 1. The molecule has 1 aliphatic heterocycles. The average Bonchev–Trinajstić information content (AvgIpc) is 3.10. The van der Waals surface area contributed by atoms with Gasteiger partial charge in [0.05, 0.1) is 12.2 Å². The molecule has 2 aromatic heterocycles. The van der Waals surface area contributed by atoms with Crippen LogP contribution in [-0.4, -0.2) is 39.1 Å². The van der Waals surface area contributed by atoms with Crippen LogP contribution in [0.3, 0.4) is 0 Å². The molecule has 0 aliphatic carbocycles. The Morgan fingerprint density at radius 3 is 2.92 bits per heavy atom. The smallest absolute Gasteiger partial charge is 0.242 e. The second kappa shape index (κ2) is 7.17. The number of hydrogen-bond acceptors (Lipinski definition) is 4. The maximum atomic E-state index is 12.6. The highest BCUT2D eigenvalue weighted by Gasteiger charge is 2.25. The Hall–Kier alpha value is -2.86. The van der Waals surface area contributed by atoms with E-state index in [1.165, 1.54) is 0 Å². The second-order valence-electron chi connectivity index (χ2n) is 6.19. The summed E-state index contributed by atoms with van der Waals surface area (Å²) in [5, 5.41) is 11.3. The van der Waals surface area contributed by atoms with Crippen LogP contribution in [0.4, 0.5) is 5.69 Å². The summed E-state index contributed by atoms with van der Waals surface area (Å²) in [6, 6.07) is 11.2. The van der Waals surface area contributed by atoms with Crippen LogP contribution in [0.5, 0.6) is 0 Å². The number of anilines is 1. The van der Waals surface area contributed by atoms with E-state index in [9.17, 15) is 4.79 Å². The number of pyridine rings is 1. The van der Waals surface area contributed by atoms with Gasteiger partial charge in [0.2, 0.25) is 5.91 Å². The molecule has 0 saturated carbocycles. The van der Waals surface area contributed by atoms with Crippen LogP contribution in [0.1, 0.15) is 11.3 Å². The first-order valence-corrected chi connectivity index (χ1v) is 8.82. The maximum absolute atomic E-state index is 12.6. The lowest BCUT2D eigenvalue weighted by atomic mass is 10.0. The minimum atomic E-state index is 0.0532. The molecule has 0 fully saturated rings. The Morgan fingerprint density at radius 2 is 2.12 bits per heavy atom. The third kappa shape index (κ3) is 3.41. The van der Waals surface area contributed by atoms with Gasteiger partial charge in [-0.15, -0.1) is 0 Å². The van der Waals surface area contributed by atoms with E-state index < -0.39 is 0 Å². The number of halogens is 1. The SMILES string of the molecule is O=C(CNc1cccc(Cl)c1)N1CCc2[nH]nc(-c3ccncc3)c2C1. The molecule has 0 saturated heterocycles.